The Morgan fingerprint density at radius 2 is 1.85 bits per heavy atom. The van der Waals surface area contributed by atoms with Crippen LogP contribution < -0.4 is 0 Å². The molecule has 1 aromatic heterocycles. The van der Waals surface area contributed by atoms with E-state index in [4.69, 9.17) is 0 Å². The zero-order valence-electron chi connectivity index (χ0n) is 11.0. The second kappa shape index (κ2) is 4.06. The van der Waals surface area contributed by atoms with Gasteiger partial charge in [-0.05, 0) is 29.8 Å². The highest BCUT2D eigenvalue weighted by Gasteiger charge is 2.12. The van der Waals surface area contributed by atoms with Gasteiger partial charge < -0.3 is 0 Å². The van der Waals surface area contributed by atoms with E-state index in [1.165, 1.54) is 25.7 Å². The largest absolute Gasteiger partial charge is 0.192 e. The average molecular weight is 273 g/mol. The smallest absolute Gasteiger partial charge is 0.0998 e. The van der Waals surface area contributed by atoms with E-state index in [1.54, 1.807) is 11.3 Å². The first-order valence-electron chi connectivity index (χ1n) is 6.52. The van der Waals surface area contributed by atoms with E-state index in [0.29, 0.717) is 0 Å². The van der Waals surface area contributed by atoms with Crippen molar-refractivity contribution >= 4 is 42.3 Å². The summed E-state index contributed by atoms with van der Waals surface area (Å²) in [5.41, 5.74) is 2.00. The molecule has 0 aliphatic carbocycles. The Bertz CT molecular complexity index is 1020. The van der Waals surface area contributed by atoms with Crippen molar-refractivity contribution in [1.82, 2.24) is 0 Å². The molecule has 20 heavy (non-hydrogen) atoms. The van der Waals surface area contributed by atoms with Crippen LogP contribution >= 0.6 is 11.3 Å². The van der Waals surface area contributed by atoms with Crippen LogP contribution in [0.1, 0.15) is 11.1 Å². The Labute approximate surface area is 120 Å². The van der Waals surface area contributed by atoms with Crippen LogP contribution in [0.4, 0.5) is 0 Å². The van der Waals surface area contributed by atoms with Gasteiger partial charge in [0.15, 0.2) is 0 Å². The second-order valence-corrected chi connectivity index (χ2v) is 6.12. The molecule has 0 aliphatic rings. The van der Waals surface area contributed by atoms with Crippen LogP contribution in [0, 0.1) is 18.3 Å². The van der Waals surface area contributed by atoms with Gasteiger partial charge in [-0.1, -0.05) is 42.0 Å². The van der Waals surface area contributed by atoms with Gasteiger partial charge in [0.05, 0.1) is 11.6 Å². The third-order valence-corrected chi connectivity index (χ3v) is 4.94. The van der Waals surface area contributed by atoms with Crippen molar-refractivity contribution in [2.75, 3.05) is 0 Å². The maximum atomic E-state index is 9.50. The molecule has 1 nitrogen and oxygen atoms in total. The molecular weight excluding hydrogens is 262 g/mol. The summed E-state index contributed by atoms with van der Waals surface area (Å²) in [6.07, 6.45) is 0. The Balaban J connectivity index is 2.35. The van der Waals surface area contributed by atoms with Crippen molar-refractivity contribution in [3.05, 3.63) is 59.7 Å². The zero-order valence-corrected chi connectivity index (χ0v) is 11.8. The number of nitriles is 1. The van der Waals surface area contributed by atoms with E-state index in [-0.39, 0.29) is 0 Å². The highest BCUT2D eigenvalue weighted by Crippen LogP contribution is 2.40. The van der Waals surface area contributed by atoms with Crippen molar-refractivity contribution in [3.63, 3.8) is 0 Å². The van der Waals surface area contributed by atoms with Crippen LogP contribution in [-0.4, -0.2) is 0 Å². The Morgan fingerprint density at radius 3 is 2.70 bits per heavy atom. The molecule has 0 spiro atoms. The minimum absolute atomic E-state index is 0.774. The Hall–Kier alpha value is -2.37. The molecule has 0 saturated heterocycles. The van der Waals surface area contributed by atoms with E-state index in [0.717, 1.165) is 16.3 Å². The fourth-order valence-corrected chi connectivity index (χ4v) is 4.09. The lowest BCUT2D eigenvalue weighted by Crippen LogP contribution is -1.81. The van der Waals surface area contributed by atoms with Gasteiger partial charge in [-0.2, -0.15) is 5.26 Å². The quantitative estimate of drug-likeness (QED) is 0.421. The van der Waals surface area contributed by atoms with Crippen LogP contribution in [0.15, 0.2) is 48.5 Å². The van der Waals surface area contributed by atoms with Gasteiger partial charge >= 0.3 is 0 Å². The summed E-state index contributed by atoms with van der Waals surface area (Å²) in [5.74, 6) is 0. The molecule has 2 heteroatoms. The number of thiophene rings is 1. The topological polar surface area (TPSA) is 23.8 Å². The molecule has 0 fully saturated rings. The van der Waals surface area contributed by atoms with Gasteiger partial charge in [0, 0.05) is 20.2 Å². The summed E-state index contributed by atoms with van der Waals surface area (Å²) < 4.78 is 2.47. The van der Waals surface area contributed by atoms with Crippen molar-refractivity contribution in [2.24, 2.45) is 0 Å². The summed E-state index contributed by atoms with van der Waals surface area (Å²) in [7, 11) is 0. The van der Waals surface area contributed by atoms with Crippen molar-refractivity contribution < 1.29 is 0 Å². The van der Waals surface area contributed by atoms with Gasteiger partial charge in [-0.15, -0.1) is 11.3 Å². The lowest BCUT2D eigenvalue weighted by molar-refractivity contribution is 1.50. The van der Waals surface area contributed by atoms with E-state index >= 15 is 0 Å². The van der Waals surface area contributed by atoms with E-state index in [2.05, 4.69) is 49.4 Å². The SMILES string of the molecule is Cc1ccc2c(c1)cc(C#N)c1c3ccccc3sc21. The molecule has 0 radical (unpaired) electrons. The summed E-state index contributed by atoms with van der Waals surface area (Å²) in [5, 5.41) is 14.2. The molecule has 0 aliphatic heterocycles. The number of aryl methyl sites for hydroxylation is 1. The maximum Gasteiger partial charge on any atom is 0.0998 e. The Kier molecular flexibility index (Phi) is 2.33. The lowest BCUT2D eigenvalue weighted by Gasteiger charge is -2.03. The molecule has 0 saturated carbocycles. The third-order valence-electron chi connectivity index (χ3n) is 3.74. The molecule has 4 aromatic rings. The summed E-state index contributed by atoms with van der Waals surface area (Å²) in [6.45, 7) is 2.08. The average Bonchev–Trinajstić information content (AvgIpc) is 2.85. The van der Waals surface area contributed by atoms with Crippen molar-refractivity contribution in [2.45, 2.75) is 6.92 Å². The van der Waals surface area contributed by atoms with Gasteiger partial charge in [0.1, 0.15) is 0 Å². The first kappa shape index (κ1) is 11.5. The lowest BCUT2D eigenvalue weighted by atomic mass is 10.00. The fourth-order valence-electron chi connectivity index (χ4n) is 2.83. The normalized spacial score (nSPS) is 11.2. The molecule has 1 heterocycles. The van der Waals surface area contributed by atoms with E-state index in [9.17, 15) is 5.26 Å². The van der Waals surface area contributed by atoms with Gasteiger partial charge in [-0.25, -0.2) is 0 Å². The number of hydrogen-bond donors (Lipinski definition) is 0. The van der Waals surface area contributed by atoms with Gasteiger partial charge in [0.2, 0.25) is 0 Å². The van der Waals surface area contributed by atoms with Gasteiger partial charge in [-0.3, -0.25) is 0 Å². The van der Waals surface area contributed by atoms with E-state index in [1.807, 2.05) is 12.1 Å². The number of fused-ring (bicyclic) bond motifs is 5. The Morgan fingerprint density at radius 1 is 1.00 bits per heavy atom. The van der Waals surface area contributed by atoms with Crippen molar-refractivity contribution in [3.8, 4) is 6.07 Å². The predicted octanol–water partition coefficient (Wildman–Crippen LogP) is 5.39. The molecule has 0 bridgehead atoms. The second-order valence-electron chi connectivity index (χ2n) is 5.06. The highest BCUT2D eigenvalue weighted by molar-refractivity contribution is 7.26. The van der Waals surface area contributed by atoms with Crippen molar-refractivity contribution in [1.29, 1.82) is 5.26 Å². The predicted molar refractivity (Wildman–Crippen MR) is 86.3 cm³/mol. The molecule has 3 aromatic carbocycles. The summed E-state index contributed by atoms with van der Waals surface area (Å²) in [4.78, 5) is 0. The monoisotopic (exact) mass is 273 g/mol. The summed E-state index contributed by atoms with van der Waals surface area (Å²) in [6, 6.07) is 19.2. The number of nitrogens with zero attached hydrogens (tertiary/aromatic N) is 1. The van der Waals surface area contributed by atoms with Crippen LogP contribution in [0.5, 0.6) is 0 Å². The first-order chi connectivity index (χ1) is 9.78. The van der Waals surface area contributed by atoms with Crippen LogP contribution in [0.25, 0.3) is 30.9 Å². The minimum Gasteiger partial charge on any atom is -0.192 e. The molecule has 0 atom stereocenters. The van der Waals surface area contributed by atoms with Crippen LogP contribution in [-0.2, 0) is 0 Å². The number of rotatable bonds is 0. The maximum absolute atomic E-state index is 9.50. The van der Waals surface area contributed by atoms with Crippen LogP contribution in [0.2, 0.25) is 0 Å². The molecule has 94 valence electrons. The standard InChI is InChI=1S/C18H11NS/c1-11-6-7-14-12(8-11)9-13(10-19)17-15-4-2-3-5-16(15)20-18(14)17/h2-9H,1H3. The van der Waals surface area contributed by atoms with E-state index < -0.39 is 0 Å². The third kappa shape index (κ3) is 1.47. The van der Waals surface area contributed by atoms with Gasteiger partial charge in [0.25, 0.3) is 0 Å². The zero-order chi connectivity index (χ0) is 13.7. The summed E-state index contributed by atoms with van der Waals surface area (Å²) >= 11 is 1.78. The fraction of sp³-hybridized carbons (Fsp3) is 0.0556. The number of benzene rings is 3. The molecular formula is C18H11NS. The molecule has 4 rings (SSSR count). The minimum atomic E-state index is 0.774. The highest BCUT2D eigenvalue weighted by atomic mass is 32.1. The van der Waals surface area contributed by atoms with Crippen LogP contribution in [0.3, 0.4) is 0 Å². The molecule has 0 unspecified atom stereocenters. The first-order valence-corrected chi connectivity index (χ1v) is 7.34. The number of hydrogen-bond acceptors (Lipinski definition) is 2. The molecule has 0 amide bonds. The molecule has 0 N–H and O–H groups in total.